The van der Waals surface area contributed by atoms with Crippen molar-refractivity contribution >= 4 is 105 Å². The van der Waals surface area contributed by atoms with Crippen molar-refractivity contribution in [3.63, 3.8) is 0 Å². The summed E-state index contributed by atoms with van der Waals surface area (Å²) in [7, 11) is -28.9. The number of rotatable bonds is 16. The Balaban J connectivity index is 0.000000667. The van der Waals surface area contributed by atoms with Crippen molar-refractivity contribution in [2.24, 2.45) is 0 Å². The normalized spacial score (nSPS) is 14.6. The monoisotopic (exact) mass is 1580 g/mol. The lowest BCUT2D eigenvalue weighted by Gasteiger charge is -2.41. The van der Waals surface area contributed by atoms with E-state index in [2.05, 4.69) is 279 Å². The highest BCUT2D eigenvalue weighted by Gasteiger charge is 2.47. The van der Waals surface area contributed by atoms with E-state index in [4.69, 9.17) is 0 Å². The number of hydrogen-bond donors (Lipinski definition) is 4. The SMILES string of the molecule is Cc1ccc(S(=O)(=O)N[C@@H](C#C[Si](C)(C)C)[Si](C)(C)C(C)(C)C)cc1.Cc1ccc(S(=O)(=O)N[C@@H](C#C[Si](C)(C)C)[Si](C)(C)C(C)(C)C)cc1.Cc1ccc(S(=O)(=O)N[C@@H](C#C[Si](C)(C)C)[Si](C)(C)C(C)(C)C)cc1.Cc1ccc(S(=O)(=O)N[C@@H](C#C[Si](C)(C)C)[Si](C)(C)C(C)(C)C)cc1. The molecule has 4 rings (SSSR count). The minimum Gasteiger partial charge on any atom is -0.207 e. The first kappa shape index (κ1) is 94.5. The number of sulfonamides is 4. The second kappa shape index (κ2) is 34.8. The largest absolute Gasteiger partial charge is 0.241 e. The van der Waals surface area contributed by atoms with E-state index in [1.165, 1.54) is 0 Å². The van der Waals surface area contributed by atoms with Gasteiger partial charge in [0.05, 0.1) is 74.5 Å². The third-order valence-corrected chi connectivity index (χ3v) is 52.0. The third-order valence-electron chi connectivity index (χ3n) is 19.4. The number of hydrogen-bond acceptors (Lipinski definition) is 8. The van der Waals surface area contributed by atoms with Crippen LogP contribution in [0, 0.1) is 73.6 Å². The maximum Gasteiger partial charge on any atom is 0.241 e. The van der Waals surface area contributed by atoms with Crippen LogP contribution in [0.15, 0.2) is 117 Å². The van der Waals surface area contributed by atoms with E-state index in [9.17, 15) is 33.7 Å². The first-order valence-corrected chi connectivity index (χ1v) is 67.0. The predicted molar refractivity (Wildman–Crippen MR) is 454 cm³/mol. The van der Waals surface area contributed by atoms with Crippen LogP contribution >= 0.6 is 0 Å². The van der Waals surface area contributed by atoms with Crippen molar-refractivity contribution in [1.82, 2.24) is 18.9 Å². The van der Waals surface area contributed by atoms with Gasteiger partial charge in [-0.05, 0) is 96.4 Å². The average molecular weight is 1580 g/mol. The molecule has 0 radical (unpaired) electrons. The Bertz CT molecular complexity index is 3580. The summed E-state index contributed by atoms with van der Waals surface area (Å²) in [6.07, 6.45) is 0. The molecule has 0 aromatic heterocycles. The summed E-state index contributed by atoms with van der Waals surface area (Å²) in [6, 6.07) is 27.9. The highest BCUT2D eigenvalue weighted by molar-refractivity contribution is 7.90. The van der Waals surface area contributed by atoms with Gasteiger partial charge in [-0.25, -0.2) is 33.7 Å². The van der Waals surface area contributed by atoms with Gasteiger partial charge in [-0.1, -0.05) is 308 Å². The molecule has 24 heteroatoms. The molecule has 0 aliphatic rings. The number of aryl methyl sites for hydroxylation is 4. The Morgan fingerprint density at radius 2 is 0.370 bits per heavy atom. The predicted octanol–water partition coefficient (Wildman–Crippen LogP) is 18.3. The molecular formula is C76H132N4O8S4Si8. The zero-order valence-corrected chi connectivity index (χ0v) is 79.7. The minimum atomic E-state index is -3.59. The zero-order chi connectivity index (χ0) is 78.7. The van der Waals surface area contributed by atoms with Gasteiger partial charge in [0.2, 0.25) is 40.1 Å². The lowest BCUT2D eigenvalue weighted by Crippen LogP contribution is -2.57. The van der Waals surface area contributed by atoms with E-state index in [-0.39, 0.29) is 42.8 Å². The van der Waals surface area contributed by atoms with Gasteiger partial charge in [-0.3, -0.25) is 0 Å². The molecule has 0 aliphatic carbocycles. The van der Waals surface area contributed by atoms with Crippen molar-refractivity contribution in [2.75, 3.05) is 0 Å². The van der Waals surface area contributed by atoms with Crippen molar-refractivity contribution in [3.8, 4) is 45.9 Å². The first-order chi connectivity index (χ1) is 44.2. The minimum absolute atomic E-state index is 0.0293. The van der Waals surface area contributed by atoms with Gasteiger partial charge < -0.3 is 0 Å². The Hall–Kier alpha value is -3.50. The Morgan fingerprint density at radius 1 is 0.250 bits per heavy atom. The summed E-state index contributed by atoms with van der Waals surface area (Å²) in [5, 5.41) is 0.117. The lowest BCUT2D eigenvalue weighted by atomic mass is 10.2. The highest BCUT2D eigenvalue weighted by Crippen LogP contribution is 2.42. The zero-order valence-electron chi connectivity index (χ0n) is 68.4. The Kier molecular flexibility index (Phi) is 32.9. The fourth-order valence-electron chi connectivity index (χ4n) is 8.08. The molecule has 560 valence electrons. The average Bonchev–Trinajstić information content (AvgIpc) is 0.802. The smallest absolute Gasteiger partial charge is 0.207 e. The van der Waals surface area contributed by atoms with Gasteiger partial charge in [0.1, 0.15) is 32.3 Å². The number of nitrogens with one attached hydrogen (secondary N) is 4. The maximum absolute atomic E-state index is 12.9. The standard InChI is InChI=1S/4C19H33NO2SSi2/c4*1-16-10-12-17(13-11-16)23(21,22)20-18(14-15-24(5,6)7)25(8,9)19(2,3)4/h4*10-13,18,20H,1-9H3/t4*18-/m1111/s1. The van der Waals surface area contributed by atoms with Crippen LogP contribution in [0.2, 0.25) is 151 Å². The highest BCUT2D eigenvalue weighted by atomic mass is 32.2. The van der Waals surface area contributed by atoms with E-state index in [1.807, 2.05) is 76.2 Å². The van der Waals surface area contributed by atoms with E-state index >= 15 is 0 Å². The molecule has 0 saturated carbocycles. The van der Waals surface area contributed by atoms with E-state index in [0.717, 1.165) is 22.3 Å². The second-order valence-corrected chi connectivity index (χ2v) is 85.4. The molecule has 0 bridgehead atoms. The number of benzene rings is 4. The summed E-state index contributed by atoms with van der Waals surface area (Å²) >= 11 is 0. The van der Waals surface area contributed by atoms with Gasteiger partial charge in [0, 0.05) is 0 Å². The molecule has 0 unspecified atom stereocenters. The molecule has 12 nitrogen and oxygen atoms in total. The lowest BCUT2D eigenvalue weighted by molar-refractivity contribution is 0.578. The third kappa shape index (κ3) is 30.5. The van der Waals surface area contributed by atoms with Crippen LogP contribution in [-0.4, -0.2) is 121 Å². The topological polar surface area (TPSA) is 185 Å². The molecule has 0 fully saturated rings. The van der Waals surface area contributed by atoms with Crippen LogP contribution in [0.1, 0.15) is 105 Å². The van der Waals surface area contributed by atoms with Crippen LogP contribution < -0.4 is 18.9 Å². The summed E-state index contributed by atoms with van der Waals surface area (Å²) < 4.78 is 115. The summed E-state index contributed by atoms with van der Waals surface area (Å²) in [4.78, 5) is 1.21. The maximum atomic E-state index is 12.9. The molecule has 4 N–H and O–H groups in total. The molecule has 4 aromatic carbocycles. The molecule has 0 spiro atoms. The molecule has 4 atom stereocenters. The second-order valence-electron chi connectivity index (χ2n) is 37.4. The van der Waals surface area contributed by atoms with E-state index in [1.54, 1.807) is 48.5 Å². The van der Waals surface area contributed by atoms with Crippen LogP contribution in [-0.2, 0) is 40.1 Å². The molecule has 100 heavy (non-hydrogen) atoms. The molecule has 4 aromatic rings. The summed E-state index contributed by atoms with van der Waals surface area (Å²) in [5.74, 6) is 13.3. The van der Waals surface area contributed by atoms with Crippen molar-refractivity contribution in [3.05, 3.63) is 119 Å². The van der Waals surface area contributed by atoms with Crippen LogP contribution in [0.3, 0.4) is 0 Å². The molecular weight excluding hydrogens is 1450 g/mol. The van der Waals surface area contributed by atoms with Crippen LogP contribution in [0.5, 0.6) is 0 Å². The van der Waals surface area contributed by atoms with Gasteiger partial charge in [0.15, 0.2) is 0 Å². The fourth-order valence-corrected chi connectivity index (χ4v) is 26.7. The summed E-state index contributed by atoms with van der Waals surface area (Å²) in [5.41, 5.74) is 16.4. The summed E-state index contributed by atoms with van der Waals surface area (Å²) in [6.45, 7) is 77.8. The van der Waals surface area contributed by atoms with Crippen LogP contribution in [0.25, 0.3) is 0 Å². The van der Waals surface area contributed by atoms with Crippen LogP contribution in [0.4, 0.5) is 0 Å². The molecule has 0 amide bonds. The van der Waals surface area contributed by atoms with E-state index < -0.39 is 105 Å². The van der Waals surface area contributed by atoms with Crippen molar-refractivity contribution in [2.45, 2.75) is 304 Å². The molecule has 0 heterocycles. The van der Waals surface area contributed by atoms with Gasteiger partial charge in [-0.2, -0.15) is 18.9 Å². The fraction of sp³-hybridized carbons (Fsp3) is 0.579. The van der Waals surface area contributed by atoms with E-state index in [0.29, 0.717) is 19.6 Å². The van der Waals surface area contributed by atoms with Gasteiger partial charge >= 0.3 is 0 Å². The van der Waals surface area contributed by atoms with Crippen molar-refractivity contribution < 1.29 is 33.7 Å². The first-order valence-electron chi connectivity index (χ1n) is 34.7. The van der Waals surface area contributed by atoms with Crippen molar-refractivity contribution in [1.29, 1.82) is 0 Å². The van der Waals surface area contributed by atoms with Gasteiger partial charge in [-0.15, -0.1) is 22.2 Å². The molecule has 0 saturated heterocycles. The van der Waals surface area contributed by atoms with Gasteiger partial charge in [0.25, 0.3) is 0 Å². The Labute approximate surface area is 621 Å². The molecule has 0 aliphatic heterocycles. The Morgan fingerprint density at radius 3 is 0.470 bits per heavy atom. The quantitative estimate of drug-likeness (QED) is 0.0631.